The molecule has 0 aromatic rings. The minimum atomic E-state index is -1.34. The zero-order valence-electron chi connectivity index (χ0n) is 8.44. The molecule has 0 fully saturated rings. The summed E-state index contributed by atoms with van der Waals surface area (Å²) in [5, 5.41) is 16.0. The van der Waals surface area contributed by atoms with Gasteiger partial charge in [-0.1, -0.05) is 6.92 Å². The number of azo groups is 1. The van der Waals surface area contributed by atoms with Gasteiger partial charge >= 0.3 is 6.16 Å². The van der Waals surface area contributed by atoms with E-state index in [4.69, 9.17) is 5.11 Å². The van der Waals surface area contributed by atoms with E-state index < -0.39 is 11.9 Å². The summed E-state index contributed by atoms with van der Waals surface area (Å²) in [6.07, 6.45) is -0.472. The van der Waals surface area contributed by atoms with E-state index in [1.165, 1.54) is 0 Å². The van der Waals surface area contributed by atoms with Gasteiger partial charge in [-0.25, -0.2) is 4.79 Å². The topological polar surface area (TPSA) is 71.2 Å². The van der Waals surface area contributed by atoms with Gasteiger partial charge in [-0.2, -0.15) is 5.11 Å². The van der Waals surface area contributed by atoms with Crippen molar-refractivity contribution >= 4 is 6.16 Å². The molecule has 0 aliphatic carbocycles. The molecule has 0 bridgehead atoms. The van der Waals surface area contributed by atoms with E-state index in [1.807, 2.05) is 13.8 Å². The second-order valence-electron chi connectivity index (χ2n) is 3.29. The molecule has 0 rings (SSSR count). The van der Waals surface area contributed by atoms with Crippen LogP contribution in [-0.4, -0.2) is 23.0 Å². The Hall–Kier alpha value is -1.13. The van der Waals surface area contributed by atoms with Crippen molar-refractivity contribution in [3.63, 3.8) is 0 Å². The van der Waals surface area contributed by atoms with Crippen molar-refractivity contribution in [2.75, 3.05) is 0 Å². The Balaban J connectivity index is 4.15. The summed E-state index contributed by atoms with van der Waals surface area (Å²) in [6, 6.07) is 0.0941. The molecule has 0 spiro atoms. The van der Waals surface area contributed by atoms with E-state index >= 15 is 0 Å². The zero-order valence-corrected chi connectivity index (χ0v) is 8.44. The molecule has 1 N–H and O–H groups in total. The number of carbonyl (C=O) groups is 1. The van der Waals surface area contributed by atoms with Crippen molar-refractivity contribution in [1.29, 1.82) is 0 Å². The molecule has 0 aliphatic rings. The van der Waals surface area contributed by atoms with Crippen LogP contribution in [0.4, 0.5) is 4.79 Å². The molecule has 0 aliphatic heterocycles. The summed E-state index contributed by atoms with van der Waals surface area (Å²) < 4.78 is 4.49. The molecule has 1 unspecified atom stereocenters. The lowest BCUT2D eigenvalue weighted by molar-refractivity contribution is 0.00420. The SMILES string of the molecule is CCC(C)N=NC(C)(C)OC(=O)O. The van der Waals surface area contributed by atoms with Gasteiger partial charge in [-0.05, 0) is 27.2 Å². The fourth-order valence-electron chi connectivity index (χ4n) is 0.553. The molecule has 0 aromatic carbocycles. The molecular formula is C8H16N2O3. The Morgan fingerprint density at radius 1 is 1.62 bits per heavy atom. The summed E-state index contributed by atoms with van der Waals surface area (Å²) >= 11 is 0. The molecular weight excluding hydrogens is 172 g/mol. The highest BCUT2D eigenvalue weighted by molar-refractivity contribution is 5.57. The van der Waals surface area contributed by atoms with Crippen molar-refractivity contribution in [3.05, 3.63) is 0 Å². The third-order valence-electron chi connectivity index (χ3n) is 1.42. The normalized spacial score (nSPS) is 14.5. The minimum Gasteiger partial charge on any atom is -0.450 e. The smallest absolute Gasteiger partial charge is 0.450 e. The Labute approximate surface area is 77.8 Å². The van der Waals surface area contributed by atoms with Crippen molar-refractivity contribution in [3.8, 4) is 0 Å². The predicted octanol–water partition coefficient (Wildman–Crippen LogP) is 2.67. The van der Waals surface area contributed by atoms with E-state index in [1.54, 1.807) is 13.8 Å². The van der Waals surface area contributed by atoms with E-state index in [-0.39, 0.29) is 6.04 Å². The molecule has 0 amide bonds. The first kappa shape index (κ1) is 11.9. The van der Waals surface area contributed by atoms with Crippen LogP contribution in [0.2, 0.25) is 0 Å². The summed E-state index contributed by atoms with van der Waals surface area (Å²) in [5.74, 6) is 0. The van der Waals surface area contributed by atoms with Gasteiger partial charge in [-0.3, -0.25) is 0 Å². The summed E-state index contributed by atoms with van der Waals surface area (Å²) in [5.41, 5.74) is -1.09. The van der Waals surface area contributed by atoms with Crippen LogP contribution >= 0.6 is 0 Å². The summed E-state index contributed by atoms with van der Waals surface area (Å²) in [6.45, 7) is 6.98. The lowest BCUT2D eigenvalue weighted by Gasteiger charge is -2.16. The molecule has 0 heterocycles. The fourth-order valence-corrected chi connectivity index (χ4v) is 0.553. The molecule has 0 saturated carbocycles. The van der Waals surface area contributed by atoms with Gasteiger partial charge in [0.2, 0.25) is 5.72 Å². The second kappa shape index (κ2) is 4.79. The third kappa shape index (κ3) is 6.07. The Morgan fingerprint density at radius 2 is 2.15 bits per heavy atom. The standard InChI is InChI=1S/C8H16N2O3/c1-5-6(2)9-10-8(3,4)13-7(11)12/h6H,5H2,1-4H3,(H,11,12). The largest absolute Gasteiger partial charge is 0.508 e. The van der Waals surface area contributed by atoms with E-state index in [9.17, 15) is 4.79 Å². The van der Waals surface area contributed by atoms with Gasteiger partial charge < -0.3 is 9.84 Å². The number of hydrogen-bond acceptors (Lipinski definition) is 4. The number of ether oxygens (including phenoxy) is 1. The fraction of sp³-hybridized carbons (Fsp3) is 0.875. The van der Waals surface area contributed by atoms with Crippen molar-refractivity contribution in [2.24, 2.45) is 10.2 Å². The highest BCUT2D eigenvalue weighted by Gasteiger charge is 2.21. The van der Waals surface area contributed by atoms with Crippen molar-refractivity contribution < 1.29 is 14.6 Å². The van der Waals surface area contributed by atoms with E-state index in [0.717, 1.165) is 6.42 Å². The second-order valence-corrected chi connectivity index (χ2v) is 3.29. The Bertz CT molecular complexity index is 202. The molecule has 76 valence electrons. The van der Waals surface area contributed by atoms with Gasteiger partial charge in [0.1, 0.15) is 0 Å². The number of carboxylic acid groups (broad SMARTS) is 1. The quantitative estimate of drug-likeness (QED) is 0.544. The number of rotatable bonds is 4. The maximum atomic E-state index is 10.2. The van der Waals surface area contributed by atoms with Crippen LogP contribution in [0.25, 0.3) is 0 Å². The van der Waals surface area contributed by atoms with Gasteiger partial charge in [0.25, 0.3) is 0 Å². The number of hydrogen-bond donors (Lipinski definition) is 1. The van der Waals surface area contributed by atoms with Crippen LogP contribution in [0, 0.1) is 0 Å². The average molecular weight is 188 g/mol. The Kier molecular flexibility index (Phi) is 4.37. The summed E-state index contributed by atoms with van der Waals surface area (Å²) in [7, 11) is 0. The van der Waals surface area contributed by atoms with Crippen LogP contribution in [0.1, 0.15) is 34.1 Å². The van der Waals surface area contributed by atoms with E-state index in [2.05, 4.69) is 15.0 Å². The first-order valence-corrected chi connectivity index (χ1v) is 4.21. The molecule has 1 atom stereocenters. The van der Waals surface area contributed by atoms with Crippen LogP contribution < -0.4 is 0 Å². The maximum Gasteiger partial charge on any atom is 0.508 e. The van der Waals surface area contributed by atoms with Crippen LogP contribution in [0.5, 0.6) is 0 Å². The molecule has 5 nitrogen and oxygen atoms in total. The predicted molar refractivity (Wildman–Crippen MR) is 47.8 cm³/mol. The van der Waals surface area contributed by atoms with Gasteiger partial charge in [0.05, 0.1) is 6.04 Å². The average Bonchev–Trinajstić information content (AvgIpc) is 1.98. The molecule has 5 heteroatoms. The highest BCUT2D eigenvalue weighted by Crippen LogP contribution is 2.13. The minimum absolute atomic E-state index is 0.0941. The highest BCUT2D eigenvalue weighted by atomic mass is 16.7. The lowest BCUT2D eigenvalue weighted by Crippen LogP contribution is -2.24. The molecule has 0 radical (unpaired) electrons. The zero-order chi connectivity index (χ0) is 10.5. The molecule has 0 aromatic heterocycles. The van der Waals surface area contributed by atoms with Crippen LogP contribution in [0.15, 0.2) is 10.2 Å². The van der Waals surface area contributed by atoms with Crippen LogP contribution in [-0.2, 0) is 4.74 Å². The number of nitrogens with zero attached hydrogens (tertiary/aromatic N) is 2. The summed E-state index contributed by atoms with van der Waals surface area (Å²) in [4.78, 5) is 10.2. The van der Waals surface area contributed by atoms with Crippen LogP contribution in [0.3, 0.4) is 0 Å². The van der Waals surface area contributed by atoms with Gasteiger partial charge in [0, 0.05) is 0 Å². The lowest BCUT2D eigenvalue weighted by atomic mass is 10.3. The maximum absolute atomic E-state index is 10.2. The Morgan fingerprint density at radius 3 is 2.54 bits per heavy atom. The van der Waals surface area contributed by atoms with E-state index in [0.29, 0.717) is 0 Å². The van der Waals surface area contributed by atoms with Crippen molar-refractivity contribution in [2.45, 2.75) is 45.9 Å². The monoisotopic (exact) mass is 188 g/mol. The molecule has 0 saturated heterocycles. The third-order valence-corrected chi connectivity index (χ3v) is 1.42. The van der Waals surface area contributed by atoms with Crippen molar-refractivity contribution in [1.82, 2.24) is 0 Å². The van der Waals surface area contributed by atoms with Gasteiger partial charge in [-0.15, -0.1) is 5.11 Å². The first-order chi connectivity index (χ1) is 5.87. The first-order valence-electron chi connectivity index (χ1n) is 4.21. The molecule has 13 heavy (non-hydrogen) atoms. The van der Waals surface area contributed by atoms with Gasteiger partial charge in [0.15, 0.2) is 0 Å².